The first kappa shape index (κ1) is 30.9. The summed E-state index contributed by atoms with van der Waals surface area (Å²) < 4.78 is 5.83. The molecule has 0 bridgehead atoms. The topological polar surface area (TPSA) is 135 Å². The summed E-state index contributed by atoms with van der Waals surface area (Å²) in [7, 11) is 4.12. The lowest BCUT2D eigenvalue weighted by atomic mass is 10.0. The number of amides is 3. The van der Waals surface area contributed by atoms with Gasteiger partial charge < -0.3 is 20.0 Å². The van der Waals surface area contributed by atoms with E-state index in [2.05, 4.69) is 10.3 Å². The van der Waals surface area contributed by atoms with Crippen molar-refractivity contribution in [3.63, 3.8) is 0 Å². The van der Waals surface area contributed by atoms with Crippen LogP contribution < -0.4 is 5.32 Å². The number of aliphatic hydroxyl groups excluding tert-OH is 1. The van der Waals surface area contributed by atoms with E-state index in [4.69, 9.17) is 14.7 Å². The summed E-state index contributed by atoms with van der Waals surface area (Å²) in [5, 5.41) is 11.4. The van der Waals surface area contributed by atoms with Crippen LogP contribution in [-0.4, -0.2) is 69.5 Å². The molecule has 35 heavy (non-hydrogen) atoms. The average molecular weight is 530 g/mol. The number of carbonyl (C=O) groups excluding carboxylic acids is 4. The molecule has 12 heteroatoms. The minimum atomic E-state index is -0.859. The molecule has 2 heterocycles. The molecule has 2 N–H and O–H groups in total. The molecule has 1 fully saturated rings. The number of hydrogen-bond donors (Lipinski definition) is 2. The second-order valence-electron chi connectivity index (χ2n) is 8.84. The fourth-order valence-corrected chi connectivity index (χ4v) is 4.78. The van der Waals surface area contributed by atoms with Crippen LogP contribution in [0.2, 0.25) is 0 Å². The van der Waals surface area contributed by atoms with Crippen molar-refractivity contribution < 1.29 is 33.9 Å². The number of imide groups is 1. The number of hydrogen-bond acceptors (Lipinski definition) is 10. The van der Waals surface area contributed by atoms with Crippen molar-refractivity contribution >= 4 is 45.3 Å². The van der Waals surface area contributed by atoms with Gasteiger partial charge in [0.2, 0.25) is 5.91 Å². The maximum atomic E-state index is 12.3. The third-order valence-corrected chi connectivity index (χ3v) is 6.93. The van der Waals surface area contributed by atoms with Gasteiger partial charge >= 0.3 is 5.97 Å². The maximum absolute atomic E-state index is 12.3. The number of carbonyl (C=O) groups is 4. The lowest BCUT2D eigenvalue weighted by Gasteiger charge is -2.30. The summed E-state index contributed by atoms with van der Waals surface area (Å²) in [6.45, 7) is 7.58. The van der Waals surface area contributed by atoms with E-state index in [0.717, 1.165) is 12.1 Å². The molecular weight excluding hydrogens is 494 g/mol. The largest absolute Gasteiger partial charge is 0.400 e. The maximum Gasteiger partial charge on any atom is 0.336 e. The Hall–Kier alpha value is -2.15. The molecule has 1 saturated heterocycles. The number of nitrogens with one attached hydrogen (secondary N) is 1. The molecule has 1 aliphatic heterocycles. The molecule has 0 aromatic carbocycles. The number of pyridine rings is 1. The van der Waals surface area contributed by atoms with Crippen LogP contribution in [0.4, 0.5) is 0 Å². The Morgan fingerprint density at radius 1 is 1.14 bits per heavy atom. The van der Waals surface area contributed by atoms with Crippen LogP contribution in [0, 0.1) is 0 Å². The van der Waals surface area contributed by atoms with Crippen molar-refractivity contribution in [2.75, 3.05) is 19.5 Å². The van der Waals surface area contributed by atoms with Crippen LogP contribution in [0.3, 0.4) is 0 Å². The van der Waals surface area contributed by atoms with E-state index in [0.29, 0.717) is 30.3 Å². The Morgan fingerprint density at radius 2 is 1.80 bits per heavy atom. The fraction of sp³-hybridized carbons (Fsp3) is 0.609. The molecule has 10 nitrogen and oxygen atoms in total. The van der Waals surface area contributed by atoms with Crippen molar-refractivity contribution in [3.8, 4) is 0 Å². The lowest BCUT2D eigenvalue weighted by Crippen LogP contribution is -2.45. The van der Waals surface area contributed by atoms with Crippen LogP contribution in [0.5, 0.6) is 0 Å². The van der Waals surface area contributed by atoms with Crippen molar-refractivity contribution in [2.45, 2.75) is 76.0 Å². The minimum absolute atomic E-state index is 0.0445. The van der Waals surface area contributed by atoms with Crippen molar-refractivity contribution in [1.29, 1.82) is 0 Å². The van der Waals surface area contributed by atoms with Crippen LogP contribution >= 0.6 is 21.6 Å². The average Bonchev–Trinajstić information content (AvgIpc) is 3.09. The van der Waals surface area contributed by atoms with Gasteiger partial charge in [0.15, 0.2) is 0 Å². The number of hydroxylamine groups is 2. The predicted octanol–water partition coefficient (Wildman–Crippen LogP) is 2.90. The zero-order valence-corrected chi connectivity index (χ0v) is 22.5. The first-order valence-electron chi connectivity index (χ1n) is 11.1. The van der Waals surface area contributed by atoms with Crippen LogP contribution in [0.15, 0.2) is 29.4 Å². The monoisotopic (exact) mass is 529 g/mol. The quantitative estimate of drug-likeness (QED) is 0.223. The van der Waals surface area contributed by atoms with Crippen molar-refractivity contribution in [2.24, 2.45) is 0 Å². The fourth-order valence-electron chi connectivity index (χ4n) is 2.91. The number of aliphatic hydroxyl groups is 1. The molecule has 1 aromatic heterocycles. The Labute approximate surface area is 214 Å². The predicted molar refractivity (Wildman–Crippen MR) is 134 cm³/mol. The van der Waals surface area contributed by atoms with E-state index >= 15 is 0 Å². The molecule has 2 rings (SSSR count). The second-order valence-corrected chi connectivity index (χ2v) is 11.3. The molecule has 0 atom stereocenters. The summed E-state index contributed by atoms with van der Waals surface area (Å²) in [5.41, 5.74) is -1.34. The van der Waals surface area contributed by atoms with Gasteiger partial charge in [-0.05, 0) is 57.0 Å². The smallest absolute Gasteiger partial charge is 0.336 e. The Bertz CT molecular complexity index is 835. The molecular formula is C23H35N3O7S2. The van der Waals surface area contributed by atoms with Gasteiger partial charge in [-0.3, -0.25) is 14.4 Å². The lowest BCUT2D eigenvalue weighted by molar-refractivity contribution is -0.200. The number of rotatable bonds is 13. The highest BCUT2D eigenvalue weighted by Crippen LogP contribution is 2.29. The van der Waals surface area contributed by atoms with E-state index in [9.17, 15) is 19.2 Å². The zero-order chi connectivity index (χ0) is 26.5. The summed E-state index contributed by atoms with van der Waals surface area (Å²) in [4.78, 5) is 56.6. The van der Waals surface area contributed by atoms with Crippen molar-refractivity contribution in [1.82, 2.24) is 15.4 Å². The Balaban J connectivity index is 0.00000298. The summed E-state index contributed by atoms with van der Waals surface area (Å²) in [6, 6.07) is 5.71. The molecule has 3 amide bonds. The normalized spacial score (nSPS) is 13.8. The first-order valence-corrected chi connectivity index (χ1v) is 13.5. The summed E-state index contributed by atoms with van der Waals surface area (Å²) in [6.07, 6.45) is 2.64. The highest BCUT2D eigenvalue weighted by atomic mass is 33.1. The summed E-state index contributed by atoms with van der Waals surface area (Å²) >= 11 is 0. The Kier molecular flexibility index (Phi) is 13.3. The van der Waals surface area contributed by atoms with E-state index in [1.807, 2.05) is 32.0 Å². The molecule has 196 valence electrons. The molecule has 1 aliphatic rings. The highest BCUT2D eigenvalue weighted by molar-refractivity contribution is 8.76. The van der Waals surface area contributed by atoms with Gasteiger partial charge in [-0.1, -0.05) is 16.9 Å². The van der Waals surface area contributed by atoms with Crippen LogP contribution in [-0.2, 0) is 28.8 Å². The van der Waals surface area contributed by atoms with Crippen LogP contribution in [0.25, 0.3) is 0 Å². The van der Waals surface area contributed by atoms with Crippen LogP contribution in [0.1, 0.15) is 59.8 Å². The van der Waals surface area contributed by atoms with Gasteiger partial charge in [-0.25, -0.2) is 9.78 Å². The standard InChI is InChI=1S/C22H31N3O6S2.CH4O/c1-21(2,24-16(26)10-14-32-33-17-7-5-6-12-23-17)11-13-30-22(3,4)15-20(29)31-25-18(27)8-9-19(25)28;1-2/h5-7,12H,8-11,13-15H2,1-4H3,(H,24,26);2H,1H3. The van der Waals surface area contributed by atoms with Gasteiger partial charge in [-0.2, -0.15) is 0 Å². The molecule has 1 aromatic rings. The van der Waals surface area contributed by atoms with Gasteiger partial charge in [0.1, 0.15) is 5.03 Å². The number of nitrogens with zero attached hydrogens (tertiary/aromatic N) is 2. The minimum Gasteiger partial charge on any atom is -0.400 e. The highest BCUT2D eigenvalue weighted by Gasteiger charge is 2.34. The molecule has 0 saturated carbocycles. The SMILES string of the molecule is CC(C)(CCOC(C)(C)CC(=O)ON1C(=O)CCC1=O)NC(=O)CCSSc1ccccn1.CO. The second kappa shape index (κ2) is 15.1. The number of ether oxygens (including phenoxy) is 1. The van der Waals surface area contributed by atoms with Gasteiger partial charge in [0, 0.05) is 50.5 Å². The molecule has 0 spiro atoms. The number of aromatic nitrogens is 1. The van der Waals surface area contributed by atoms with E-state index in [1.54, 1.807) is 30.8 Å². The Morgan fingerprint density at radius 3 is 2.40 bits per heavy atom. The first-order chi connectivity index (χ1) is 16.5. The zero-order valence-electron chi connectivity index (χ0n) is 20.9. The molecule has 0 radical (unpaired) electrons. The van der Waals surface area contributed by atoms with E-state index in [-0.39, 0.29) is 25.2 Å². The van der Waals surface area contributed by atoms with Gasteiger partial charge in [-0.15, -0.1) is 5.06 Å². The third-order valence-electron chi connectivity index (χ3n) is 4.66. The van der Waals surface area contributed by atoms with E-state index < -0.39 is 28.9 Å². The molecule has 0 aliphatic carbocycles. The van der Waals surface area contributed by atoms with Gasteiger partial charge in [0.25, 0.3) is 11.8 Å². The van der Waals surface area contributed by atoms with E-state index in [1.165, 1.54) is 10.8 Å². The molecule has 0 unspecified atom stereocenters. The van der Waals surface area contributed by atoms with Crippen molar-refractivity contribution in [3.05, 3.63) is 24.4 Å². The third kappa shape index (κ3) is 12.4. The summed E-state index contributed by atoms with van der Waals surface area (Å²) in [5.74, 6) is -1.12. The van der Waals surface area contributed by atoms with Gasteiger partial charge in [0.05, 0.1) is 12.0 Å².